The van der Waals surface area contributed by atoms with Crippen LogP contribution in [0.5, 0.6) is 0 Å². The average Bonchev–Trinajstić information content (AvgIpc) is 3.41. The second kappa shape index (κ2) is 7.34. The van der Waals surface area contributed by atoms with Crippen LogP contribution in [0.3, 0.4) is 0 Å². The number of aromatic carboxylic acids is 1. The Kier molecular flexibility index (Phi) is 4.71. The van der Waals surface area contributed by atoms with Crippen molar-refractivity contribution in [3.05, 3.63) is 63.8 Å². The molecule has 0 aliphatic carbocycles. The first-order valence-electron chi connectivity index (χ1n) is 9.20. The third-order valence-electron chi connectivity index (χ3n) is 4.99. The van der Waals surface area contributed by atoms with Gasteiger partial charge in [0.05, 0.1) is 5.39 Å². The number of carbonyl (C=O) groups is 3. The van der Waals surface area contributed by atoms with Gasteiger partial charge in [0.15, 0.2) is 11.5 Å². The minimum absolute atomic E-state index is 0.171. The third-order valence-corrected chi connectivity index (χ3v) is 4.99. The highest BCUT2D eigenvalue weighted by atomic mass is 16.4. The van der Waals surface area contributed by atoms with Gasteiger partial charge in [-0.15, -0.1) is 0 Å². The number of rotatable bonds is 5. The van der Waals surface area contributed by atoms with Crippen molar-refractivity contribution >= 4 is 28.4 Å². The molecule has 0 spiro atoms. The van der Waals surface area contributed by atoms with Gasteiger partial charge in [0, 0.05) is 30.2 Å². The summed E-state index contributed by atoms with van der Waals surface area (Å²) in [5.41, 5.74) is -0.318. The molecule has 1 aliphatic heterocycles. The number of nitrogens with one attached hydrogen (secondary N) is 1. The summed E-state index contributed by atoms with van der Waals surface area (Å²) in [6.07, 6.45) is 3.33. The predicted octanol–water partition coefficient (Wildman–Crippen LogP) is 1.54. The fraction of sp³-hybridized carbons (Fsp3) is 0.250. The van der Waals surface area contributed by atoms with Crippen molar-refractivity contribution < 1.29 is 19.5 Å². The number of Topliss-reactive ketones (excluding diaryl/α,β-unsaturated/α-hetero) is 1. The second-order valence-electron chi connectivity index (χ2n) is 6.89. The van der Waals surface area contributed by atoms with Crippen LogP contribution in [0.25, 0.3) is 10.8 Å². The minimum atomic E-state index is -1.29. The van der Waals surface area contributed by atoms with Crippen molar-refractivity contribution in [3.63, 3.8) is 0 Å². The summed E-state index contributed by atoms with van der Waals surface area (Å²) in [5.74, 6) is -1.92. The molecular formula is C20H18N4O5. The van der Waals surface area contributed by atoms with Crippen LogP contribution in [-0.4, -0.2) is 55.5 Å². The lowest BCUT2D eigenvalue weighted by Gasteiger charge is -2.13. The van der Waals surface area contributed by atoms with Gasteiger partial charge in [0.1, 0.15) is 12.2 Å². The van der Waals surface area contributed by atoms with Crippen LogP contribution in [0, 0.1) is 0 Å². The van der Waals surface area contributed by atoms with Crippen LogP contribution in [0.1, 0.15) is 44.2 Å². The molecule has 4 rings (SSSR count). The van der Waals surface area contributed by atoms with Crippen LogP contribution >= 0.6 is 0 Å². The van der Waals surface area contributed by atoms with E-state index in [1.807, 2.05) is 0 Å². The third kappa shape index (κ3) is 3.42. The van der Waals surface area contributed by atoms with E-state index < -0.39 is 23.9 Å². The Morgan fingerprint density at radius 1 is 1.10 bits per heavy atom. The molecule has 0 atom stereocenters. The van der Waals surface area contributed by atoms with Crippen LogP contribution in [0.4, 0.5) is 0 Å². The predicted molar refractivity (Wildman–Crippen MR) is 103 cm³/mol. The molecule has 2 aromatic heterocycles. The molecule has 1 saturated heterocycles. The van der Waals surface area contributed by atoms with Crippen LogP contribution in [-0.2, 0) is 6.54 Å². The molecule has 148 valence electrons. The summed E-state index contributed by atoms with van der Waals surface area (Å²) in [4.78, 5) is 53.8. The lowest BCUT2D eigenvalue weighted by molar-refractivity contribution is 0.0687. The highest BCUT2D eigenvalue weighted by Crippen LogP contribution is 2.15. The van der Waals surface area contributed by atoms with Crippen molar-refractivity contribution in [1.82, 2.24) is 19.7 Å². The van der Waals surface area contributed by atoms with E-state index >= 15 is 0 Å². The SMILES string of the molecule is O=C(Cn1nc(C(=O)O)c2ccccc2c1=O)c1c[nH]c(C(=O)N2CCCC2)c1. The molecule has 0 radical (unpaired) electrons. The van der Waals surface area contributed by atoms with Crippen molar-refractivity contribution in [2.75, 3.05) is 13.1 Å². The van der Waals surface area contributed by atoms with Crippen molar-refractivity contribution in [2.45, 2.75) is 19.4 Å². The number of aromatic amines is 1. The molecule has 1 aromatic carbocycles. The molecule has 0 saturated carbocycles. The van der Waals surface area contributed by atoms with Gasteiger partial charge in [0.25, 0.3) is 11.5 Å². The molecule has 29 heavy (non-hydrogen) atoms. The normalized spacial score (nSPS) is 13.7. The number of aromatic nitrogens is 3. The van der Waals surface area contributed by atoms with Gasteiger partial charge in [-0.05, 0) is 25.0 Å². The maximum absolute atomic E-state index is 12.6. The number of nitrogens with zero attached hydrogens (tertiary/aromatic N) is 3. The first-order valence-corrected chi connectivity index (χ1v) is 9.20. The molecule has 1 fully saturated rings. The van der Waals surface area contributed by atoms with Crippen LogP contribution in [0.2, 0.25) is 0 Å². The molecule has 0 bridgehead atoms. The Morgan fingerprint density at radius 2 is 1.79 bits per heavy atom. The Labute approximate surface area is 164 Å². The largest absolute Gasteiger partial charge is 0.476 e. The number of carboxylic acid groups (broad SMARTS) is 1. The summed E-state index contributed by atoms with van der Waals surface area (Å²) in [6, 6.07) is 7.68. The Morgan fingerprint density at radius 3 is 2.48 bits per heavy atom. The Balaban J connectivity index is 1.63. The smallest absolute Gasteiger partial charge is 0.357 e. The number of hydrogen-bond acceptors (Lipinski definition) is 5. The summed E-state index contributed by atoms with van der Waals surface area (Å²) in [7, 11) is 0. The first kappa shape index (κ1) is 18.6. The molecule has 1 aliphatic rings. The van der Waals surface area contributed by atoms with Gasteiger partial charge in [-0.3, -0.25) is 14.4 Å². The number of likely N-dealkylation sites (tertiary alicyclic amines) is 1. The van der Waals surface area contributed by atoms with E-state index in [4.69, 9.17) is 0 Å². The molecule has 9 heteroatoms. The van der Waals surface area contributed by atoms with Gasteiger partial charge in [-0.1, -0.05) is 18.2 Å². The number of fused-ring (bicyclic) bond motifs is 1. The number of carbonyl (C=O) groups excluding carboxylic acids is 2. The minimum Gasteiger partial charge on any atom is -0.476 e. The van der Waals surface area contributed by atoms with E-state index in [-0.39, 0.29) is 27.9 Å². The maximum Gasteiger partial charge on any atom is 0.357 e. The van der Waals surface area contributed by atoms with Crippen molar-refractivity contribution in [3.8, 4) is 0 Å². The molecule has 1 amide bonds. The van der Waals surface area contributed by atoms with E-state index in [1.54, 1.807) is 17.0 Å². The van der Waals surface area contributed by atoms with Gasteiger partial charge >= 0.3 is 5.97 Å². The van der Waals surface area contributed by atoms with E-state index in [0.717, 1.165) is 17.5 Å². The Hall–Kier alpha value is -3.75. The summed E-state index contributed by atoms with van der Waals surface area (Å²) in [6.45, 7) is 0.949. The quantitative estimate of drug-likeness (QED) is 0.633. The van der Waals surface area contributed by atoms with Crippen LogP contribution < -0.4 is 5.56 Å². The van der Waals surface area contributed by atoms with E-state index in [0.29, 0.717) is 18.8 Å². The zero-order chi connectivity index (χ0) is 20.5. The molecule has 3 aromatic rings. The number of ketones is 1. The fourth-order valence-electron chi connectivity index (χ4n) is 3.50. The van der Waals surface area contributed by atoms with Gasteiger partial charge in [-0.2, -0.15) is 5.10 Å². The molecular weight excluding hydrogens is 376 g/mol. The van der Waals surface area contributed by atoms with E-state index in [1.165, 1.54) is 24.4 Å². The molecule has 0 unspecified atom stereocenters. The topological polar surface area (TPSA) is 125 Å². The highest BCUT2D eigenvalue weighted by Gasteiger charge is 2.22. The zero-order valence-corrected chi connectivity index (χ0v) is 15.4. The lowest BCUT2D eigenvalue weighted by atomic mass is 10.1. The number of H-pyrrole nitrogens is 1. The van der Waals surface area contributed by atoms with E-state index in [9.17, 15) is 24.3 Å². The van der Waals surface area contributed by atoms with Gasteiger partial charge in [-0.25, -0.2) is 9.48 Å². The fourth-order valence-corrected chi connectivity index (χ4v) is 3.50. The number of benzene rings is 1. The zero-order valence-electron chi connectivity index (χ0n) is 15.4. The highest BCUT2D eigenvalue weighted by molar-refractivity contribution is 6.02. The van der Waals surface area contributed by atoms with Crippen molar-refractivity contribution in [2.24, 2.45) is 0 Å². The van der Waals surface area contributed by atoms with Gasteiger partial charge in [0.2, 0.25) is 0 Å². The second-order valence-corrected chi connectivity index (χ2v) is 6.89. The lowest BCUT2D eigenvalue weighted by Crippen LogP contribution is -2.29. The van der Waals surface area contributed by atoms with Gasteiger partial charge < -0.3 is 15.0 Å². The average molecular weight is 394 g/mol. The molecule has 2 N–H and O–H groups in total. The Bertz CT molecular complexity index is 1190. The maximum atomic E-state index is 12.6. The number of amides is 1. The monoisotopic (exact) mass is 394 g/mol. The number of carboxylic acids is 1. The van der Waals surface area contributed by atoms with Crippen molar-refractivity contribution in [1.29, 1.82) is 0 Å². The van der Waals surface area contributed by atoms with Crippen LogP contribution in [0.15, 0.2) is 41.3 Å². The standard InChI is InChI=1S/C20H18N4O5/c25-16(12-9-15(21-10-12)19(27)23-7-3-4-8-23)11-24-18(26)14-6-2-1-5-13(14)17(22-24)20(28)29/h1-2,5-6,9-10,21H,3-4,7-8,11H2,(H,28,29). The summed E-state index contributed by atoms with van der Waals surface area (Å²) >= 11 is 0. The molecule has 3 heterocycles. The summed E-state index contributed by atoms with van der Waals surface area (Å²) < 4.78 is 0.850. The van der Waals surface area contributed by atoms with E-state index in [2.05, 4.69) is 10.1 Å². The summed E-state index contributed by atoms with van der Waals surface area (Å²) in [5, 5.41) is 13.7. The number of hydrogen-bond donors (Lipinski definition) is 2. The first-order chi connectivity index (χ1) is 14.0. The molecule has 9 nitrogen and oxygen atoms in total.